The van der Waals surface area contributed by atoms with Crippen LogP contribution in [-0.2, 0) is 24.3 Å². The Bertz CT molecular complexity index is 630. The SMILES string of the molecule is CCc1nc(CN(C)CC(=O)NCc2ccccc2F)no1. The molecule has 1 amide bonds. The minimum atomic E-state index is -0.324. The maximum absolute atomic E-state index is 13.4. The van der Waals surface area contributed by atoms with Crippen molar-refractivity contribution in [2.24, 2.45) is 0 Å². The monoisotopic (exact) mass is 306 g/mol. The predicted octanol–water partition coefficient (Wildman–Crippen LogP) is 1.52. The number of nitrogens with one attached hydrogen (secondary N) is 1. The van der Waals surface area contributed by atoms with E-state index in [1.165, 1.54) is 6.07 Å². The molecule has 1 aromatic carbocycles. The number of hydrogen-bond acceptors (Lipinski definition) is 5. The third-order valence-electron chi connectivity index (χ3n) is 3.07. The van der Waals surface area contributed by atoms with Crippen molar-refractivity contribution in [3.05, 3.63) is 47.4 Å². The molecule has 2 aromatic rings. The Morgan fingerprint density at radius 3 is 2.86 bits per heavy atom. The smallest absolute Gasteiger partial charge is 0.234 e. The zero-order valence-electron chi connectivity index (χ0n) is 12.7. The van der Waals surface area contributed by atoms with E-state index in [9.17, 15) is 9.18 Å². The van der Waals surface area contributed by atoms with Gasteiger partial charge in [-0.2, -0.15) is 4.98 Å². The van der Waals surface area contributed by atoms with Crippen molar-refractivity contribution in [2.75, 3.05) is 13.6 Å². The average Bonchev–Trinajstić information content (AvgIpc) is 2.93. The van der Waals surface area contributed by atoms with Crippen molar-refractivity contribution in [1.29, 1.82) is 0 Å². The molecule has 0 bridgehead atoms. The van der Waals surface area contributed by atoms with Gasteiger partial charge in [-0.15, -0.1) is 0 Å². The molecule has 0 aliphatic rings. The second kappa shape index (κ2) is 7.65. The Labute approximate surface area is 128 Å². The van der Waals surface area contributed by atoms with Gasteiger partial charge in [0.05, 0.1) is 13.1 Å². The van der Waals surface area contributed by atoms with E-state index in [4.69, 9.17) is 4.52 Å². The number of aromatic nitrogens is 2. The van der Waals surface area contributed by atoms with Crippen LogP contribution in [0.4, 0.5) is 4.39 Å². The molecule has 22 heavy (non-hydrogen) atoms. The number of benzene rings is 1. The summed E-state index contributed by atoms with van der Waals surface area (Å²) in [5.74, 6) is 0.605. The van der Waals surface area contributed by atoms with E-state index < -0.39 is 0 Å². The summed E-state index contributed by atoms with van der Waals surface area (Å²) in [4.78, 5) is 17.8. The summed E-state index contributed by atoms with van der Waals surface area (Å²) in [6, 6.07) is 6.36. The van der Waals surface area contributed by atoms with Crippen molar-refractivity contribution >= 4 is 5.91 Å². The van der Waals surface area contributed by atoms with Gasteiger partial charge in [-0.25, -0.2) is 4.39 Å². The van der Waals surface area contributed by atoms with Crippen molar-refractivity contribution in [3.8, 4) is 0 Å². The van der Waals surface area contributed by atoms with Crippen molar-refractivity contribution in [2.45, 2.75) is 26.4 Å². The first-order valence-electron chi connectivity index (χ1n) is 7.08. The van der Waals surface area contributed by atoms with Gasteiger partial charge < -0.3 is 9.84 Å². The number of halogens is 1. The van der Waals surface area contributed by atoms with Crippen molar-refractivity contribution in [3.63, 3.8) is 0 Å². The normalized spacial score (nSPS) is 10.9. The molecule has 1 N–H and O–H groups in total. The molecule has 0 saturated carbocycles. The lowest BCUT2D eigenvalue weighted by Crippen LogP contribution is -2.34. The highest BCUT2D eigenvalue weighted by molar-refractivity contribution is 5.77. The van der Waals surface area contributed by atoms with Gasteiger partial charge in [-0.05, 0) is 13.1 Å². The Balaban J connectivity index is 1.77. The minimum Gasteiger partial charge on any atom is -0.351 e. The van der Waals surface area contributed by atoms with Gasteiger partial charge in [0.2, 0.25) is 11.8 Å². The van der Waals surface area contributed by atoms with E-state index in [-0.39, 0.29) is 24.8 Å². The Kier molecular flexibility index (Phi) is 5.60. The second-order valence-corrected chi connectivity index (χ2v) is 5.00. The van der Waals surface area contributed by atoms with Gasteiger partial charge in [-0.1, -0.05) is 30.3 Å². The van der Waals surface area contributed by atoms with Crippen LogP contribution in [0, 0.1) is 5.82 Å². The first kappa shape index (κ1) is 16.1. The van der Waals surface area contributed by atoms with E-state index in [1.807, 2.05) is 6.92 Å². The molecular weight excluding hydrogens is 287 g/mol. The van der Waals surface area contributed by atoms with Gasteiger partial charge in [0.25, 0.3) is 0 Å². The number of carbonyl (C=O) groups excluding carboxylic acids is 1. The second-order valence-electron chi connectivity index (χ2n) is 5.00. The summed E-state index contributed by atoms with van der Waals surface area (Å²) < 4.78 is 18.4. The predicted molar refractivity (Wildman–Crippen MR) is 78.3 cm³/mol. The molecule has 1 aromatic heterocycles. The van der Waals surface area contributed by atoms with Crippen LogP contribution in [0.1, 0.15) is 24.2 Å². The number of nitrogens with zero attached hydrogens (tertiary/aromatic N) is 3. The lowest BCUT2D eigenvalue weighted by atomic mass is 10.2. The Morgan fingerprint density at radius 2 is 2.18 bits per heavy atom. The number of amides is 1. The lowest BCUT2D eigenvalue weighted by molar-refractivity contribution is -0.122. The molecule has 2 rings (SSSR count). The van der Waals surface area contributed by atoms with Gasteiger partial charge in [0, 0.05) is 18.5 Å². The molecule has 1 heterocycles. The topological polar surface area (TPSA) is 71.3 Å². The van der Waals surface area contributed by atoms with Crippen LogP contribution < -0.4 is 5.32 Å². The number of aryl methyl sites for hydroxylation is 1. The summed E-state index contributed by atoms with van der Waals surface area (Å²) in [6.07, 6.45) is 0.680. The van der Waals surface area contributed by atoms with Crippen LogP contribution in [0.2, 0.25) is 0 Å². The molecular formula is C15H19FN4O2. The first-order chi connectivity index (χ1) is 10.6. The molecule has 7 heteroatoms. The maximum Gasteiger partial charge on any atom is 0.234 e. The molecule has 0 radical (unpaired) electrons. The average molecular weight is 306 g/mol. The first-order valence-corrected chi connectivity index (χ1v) is 7.08. The van der Waals surface area contributed by atoms with E-state index in [0.29, 0.717) is 30.2 Å². The molecule has 0 aliphatic heterocycles. The molecule has 0 unspecified atom stereocenters. The highest BCUT2D eigenvalue weighted by Gasteiger charge is 2.11. The zero-order chi connectivity index (χ0) is 15.9. The molecule has 0 saturated heterocycles. The molecule has 0 fully saturated rings. The van der Waals surface area contributed by atoms with E-state index in [2.05, 4.69) is 15.5 Å². The molecule has 0 spiro atoms. The van der Waals surface area contributed by atoms with Crippen LogP contribution in [0.15, 0.2) is 28.8 Å². The fraction of sp³-hybridized carbons (Fsp3) is 0.400. The molecule has 118 valence electrons. The summed E-state index contributed by atoms with van der Waals surface area (Å²) in [5, 5.41) is 6.52. The minimum absolute atomic E-state index is 0.168. The third kappa shape index (κ3) is 4.63. The summed E-state index contributed by atoms with van der Waals surface area (Å²) in [6.45, 7) is 2.68. The van der Waals surface area contributed by atoms with Crippen molar-refractivity contribution < 1.29 is 13.7 Å². The Hall–Kier alpha value is -2.28. The van der Waals surface area contributed by atoms with Gasteiger partial charge in [-0.3, -0.25) is 9.69 Å². The maximum atomic E-state index is 13.4. The van der Waals surface area contributed by atoms with E-state index >= 15 is 0 Å². The standard InChI is InChI=1S/C15H19FN4O2/c1-3-15-18-13(19-22-15)9-20(2)10-14(21)17-8-11-6-4-5-7-12(11)16/h4-7H,3,8-10H2,1-2H3,(H,17,21). The van der Waals surface area contributed by atoms with Crippen LogP contribution >= 0.6 is 0 Å². The van der Waals surface area contributed by atoms with Crippen LogP contribution in [0.5, 0.6) is 0 Å². The molecule has 6 nitrogen and oxygen atoms in total. The summed E-state index contributed by atoms with van der Waals surface area (Å²) >= 11 is 0. The largest absolute Gasteiger partial charge is 0.351 e. The zero-order valence-corrected chi connectivity index (χ0v) is 12.7. The summed E-state index contributed by atoms with van der Waals surface area (Å²) in [7, 11) is 1.78. The van der Waals surface area contributed by atoms with Crippen LogP contribution in [-0.4, -0.2) is 34.5 Å². The summed E-state index contributed by atoms with van der Waals surface area (Å²) in [5.41, 5.74) is 0.462. The van der Waals surface area contributed by atoms with E-state index in [0.717, 1.165) is 0 Å². The van der Waals surface area contributed by atoms with Crippen LogP contribution in [0.25, 0.3) is 0 Å². The quantitative estimate of drug-likeness (QED) is 0.840. The number of carbonyl (C=O) groups is 1. The molecule has 0 aliphatic carbocycles. The number of hydrogen-bond donors (Lipinski definition) is 1. The fourth-order valence-corrected chi connectivity index (χ4v) is 1.93. The van der Waals surface area contributed by atoms with Gasteiger partial charge >= 0.3 is 0 Å². The highest BCUT2D eigenvalue weighted by atomic mass is 19.1. The third-order valence-corrected chi connectivity index (χ3v) is 3.07. The van der Waals surface area contributed by atoms with Crippen LogP contribution in [0.3, 0.4) is 0 Å². The van der Waals surface area contributed by atoms with Gasteiger partial charge in [0.1, 0.15) is 5.82 Å². The number of likely N-dealkylation sites (N-methyl/N-ethyl adjacent to an activating group) is 1. The lowest BCUT2D eigenvalue weighted by Gasteiger charge is -2.14. The molecule has 0 atom stereocenters. The highest BCUT2D eigenvalue weighted by Crippen LogP contribution is 2.05. The number of rotatable bonds is 7. The fourth-order valence-electron chi connectivity index (χ4n) is 1.93. The van der Waals surface area contributed by atoms with Crippen molar-refractivity contribution in [1.82, 2.24) is 20.4 Å². The van der Waals surface area contributed by atoms with Gasteiger partial charge in [0.15, 0.2) is 5.82 Å². The van der Waals surface area contributed by atoms with E-state index in [1.54, 1.807) is 30.1 Å². The Morgan fingerprint density at radius 1 is 1.41 bits per heavy atom.